The van der Waals surface area contributed by atoms with Gasteiger partial charge in [0.25, 0.3) is 0 Å². The summed E-state index contributed by atoms with van der Waals surface area (Å²) in [5.74, 6) is 1.53. The predicted octanol–water partition coefficient (Wildman–Crippen LogP) is 3.94. The number of furan rings is 1. The first-order valence-electron chi connectivity index (χ1n) is 8.43. The quantitative estimate of drug-likeness (QED) is 0.743. The molecule has 2 aromatic heterocycles. The molecular weight excluding hydrogens is 352 g/mol. The molecule has 0 saturated carbocycles. The second-order valence-electron chi connectivity index (χ2n) is 6.51. The zero-order chi connectivity index (χ0) is 17.7. The van der Waals surface area contributed by atoms with E-state index in [1.807, 2.05) is 36.4 Å². The van der Waals surface area contributed by atoms with Crippen molar-refractivity contribution in [2.75, 3.05) is 5.32 Å². The van der Waals surface area contributed by atoms with Crippen molar-refractivity contribution in [3.63, 3.8) is 0 Å². The molecule has 6 nitrogen and oxygen atoms in total. The summed E-state index contributed by atoms with van der Waals surface area (Å²) < 4.78 is 7.26. The van der Waals surface area contributed by atoms with Gasteiger partial charge in [0.15, 0.2) is 5.78 Å². The maximum atomic E-state index is 13.1. The maximum Gasteiger partial charge on any atom is 0.226 e. The summed E-state index contributed by atoms with van der Waals surface area (Å²) in [4.78, 5) is 17.4. The molecule has 0 bridgehead atoms. The minimum Gasteiger partial charge on any atom is -0.469 e. The van der Waals surface area contributed by atoms with E-state index in [4.69, 9.17) is 16.0 Å². The Morgan fingerprint density at radius 2 is 2.08 bits per heavy atom. The van der Waals surface area contributed by atoms with E-state index >= 15 is 0 Å². The second-order valence-corrected chi connectivity index (χ2v) is 6.92. The van der Waals surface area contributed by atoms with Crippen LogP contribution >= 0.6 is 11.6 Å². The molecule has 2 atom stereocenters. The Balaban J connectivity index is 1.65. The molecule has 26 heavy (non-hydrogen) atoms. The zero-order valence-corrected chi connectivity index (χ0v) is 14.5. The molecule has 7 heteroatoms. The van der Waals surface area contributed by atoms with Gasteiger partial charge in [-0.05, 0) is 24.6 Å². The highest BCUT2D eigenvalue weighted by Crippen LogP contribution is 2.44. The Kier molecular flexibility index (Phi) is 3.46. The lowest BCUT2D eigenvalue weighted by atomic mass is 9.79. The van der Waals surface area contributed by atoms with Gasteiger partial charge in [-0.2, -0.15) is 10.1 Å². The van der Waals surface area contributed by atoms with E-state index in [1.165, 1.54) is 6.33 Å². The van der Waals surface area contributed by atoms with Crippen molar-refractivity contribution < 1.29 is 9.21 Å². The smallest absolute Gasteiger partial charge is 0.226 e. The number of hydrogen-bond donors (Lipinski definition) is 1. The summed E-state index contributed by atoms with van der Waals surface area (Å²) in [7, 11) is 0. The monoisotopic (exact) mass is 366 g/mol. The molecule has 0 saturated heterocycles. The van der Waals surface area contributed by atoms with E-state index in [0.717, 1.165) is 17.0 Å². The van der Waals surface area contributed by atoms with Crippen molar-refractivity contribution in [2.24, 2.45) is 0 Å². The van der Waals surface area contributed by atoms with Gasteiger partial charge in [0.2, 0.25) is 5.95 Å². The fourth-order valence-corrected chi connectivity index (χ4v) is 4.10. The first-order valence-corrected chi connectivity index (χ1v) is 8.81. The molecule has 130 valence electrons. The number of Topliss-reactive ketones (excluding diaryl/α,β-unsaturated/α-hetero) is 1. The fourth-order valence-electron chi connectivity index (χ4n) is 3.86. The van der Waals surface area contributed by atoms with Crippen molar-refractivity contribution in [3.8, 4) is 0 Å². The Bertz CT molecular complexity index is 1020. The molecule has 0 fully saturated rings. The van der Waals surface area contributed by atoms with Crippen LogP contribution in [0.4, 0.5) is 5.95 Å². The van der Waals surface area contributed by atoms with Crippen LogP contribution in [0.5, 0.6) is 0 Å². The summed E-state index contributed by atoms with van der Waals surface area (Å²) in [6.45, 7) is 0. The minimum absolute atomic E-state index is 0.0186. The number of hydrogen-bond acceptors (Lipinski definition) is 5. The standard InChI is InChI=1S/C19H15ClN4O2/c20-13-5-2-1-4-12(13)18-17-14(23-19-21-10-22-24(18)19)8-11(9-15(17)25)16-6-3-7-26-16/h1-7,10-11,18H,8-9H2,(H,21,22,23). The third-order valence-corrected chi connectivity index (χ3v) is 5.35. The van der Waals surface area contributed by atoms with Crippen LogP contribution in [0.2, 0.25) is 5.02 Å². The highest BCUT2D eigenvalue weighted by atomic mass is 35.5. The average molecular weight is 367 g/mol. The molecule has 3 aromatic rings. The third-order valence-electron chi connectivity index (χ3n) is 5.01. The topological polar surface area (TPSA) is 73.0 Å². The van der Waals surface area contributed by atoms with E-state index in [2.05, 4.69) is 15.4 Å². The number of fused-ring (bicyclic) bond motifs is 1. The number of allylic oxidation sites excluding steroid dienone is 2. The molecule has 1 aromatic carbocycles. The Hall–Kier alpha value is -2.86. The Morgan fingerprint density at radius 3 is 2.88 bits per heavy atom. The third kappa shape index (κ3) is 2.29. The highest BCUT2D eigenvalue weighted by Gasteiger charge is 2.40. The van der Waals surface area contributed by atoms with E-state index in [9.17, 15) is 4.79 Å². The van der Waals surface area contributed by atoms with Gasteiger partial charge in [-0.15, -0.1) is 0 Å². The zero-order valence-electron chi connectivity index (χ0n) is 13.7. The highest BCUT2D eigenvalue weighted by molar-refractivity contribution is 6.31. The molecular formula is C19H15ClN4O2. The van der Waals surface area contributed by atoms with Gasteiger partial charge in [0, 0.05) is 34.2 Å². The number of halogens is 1. The van der Waals surface area contributed by atoms with Crippen molar-refractivity contribution in [1.29, 1.82) is 0 Å². The van der Waals surface area contributed by atoms with Crippen LogP contribution in [0, 0.1) is 0 Å². The molecule has 3 heterocycles. The number of carbonyl (C=O) groups is 1. The van der Waals surface area contributed by atoms with Crippen molar-refractivity contribution in [2.45, 2.75) is 24.8 Å². The minimum atomic E-state index is -0.373. The van der Waals surface area contributed by atoms with Crippen LogP contribution in [-0.2, 0) is 4.79 Å². The van der Waals surface area contributed by atoms with E-state index in [-0.39, 0.29) is 17.7 Å². The SMILES string of the molecule is O=C1CC(c2ccco2)CC2=C1C(c1ccccc1Cl)n1ncnc1N2. The number of rotatable bonds is 2. The molecule has 0 amide bonds. The number of carbonyl (C=O) groups excluding carboxylic acids is 1. The lowest BCUT2D eigenvalue weighted by Crippen LogP contribution is -2.33. The van der Waals surface area contributed by atoms with E-state index in [1.54, 1.807) is 10.9 Å². The van der Waals surface area contributed by atoms with Crippen LogP contribution in [0.3, 0.4) is 0 Å². The van der Waals surface area contributed by atoms with Crippen molar-refractivity contribution in [3.05, 3.63) is 76.6 Å². The Labute approximate surface area is 154 Å². The van der Waals surface area contributed by atoms with Crippen LogP contribution < -0.4 is 5.32 Å². The van der Waals surface area contributed by atoms with Crippen LogP contribution in [0.25, 0.3) is 0 Å². The van der Waals surface area contributed by atoms with Gasteiger partial charge >= 0.3 is 0 Å². The Morgan fingerprint density at radius 1 is 1.19 bits per heavy atom. The number of benzene rings is 1. The maximum absolute atomic E-state index is 13.1. The predicted molar refractivity (Wildman–Crippen MR) is 96.0 cm³/mol. The molecule has 0 radical (unpaired) electrons. The lowest BCUT2D eigenvalue weighted by molar-refractivity contribution is -0.117. The van der Waals surface area contributed by atoms with Crippen LogP contribution in [0.15, 0.2) is 64.7 Å². The number of nitrogens with zero attached hydrogens (tertiary/aromatic N) is 3. The summed E-state index contributed by atoms with van der Waals surface area (Å²) in [6, 6.07) is 10.9. The molecule has 5 rings (SSSR count). The first-order chi connectivity index (χ1) is 12.7. The van der Waals surface area contributed by atoms with E-state index < -0.39 is 0 Å². The van der Waals surface area contributed by atoms with Crippen LogP contribution in [-0.4, -0.2) is 20.5 Å². The molecule has 1 aliphatic heterocycles. The number of anilines is 1. The summed E-state index contributed by atoms with van der Waals surface area (Å²) >= 11 is 6.45. The largest absolute Gasteiger partial charge is 0.469 e. The molecule has 1 N–H and O–H groups in total. The van der Waals surface area contributed by atoms with Crippen LogP contribution in [0.1, 0.15) is 36.1 Å². The normalized spacial score (nSPS) is 22.0. The van der Waals surface area contributed by atoms with Gasteiger partial charge in [0.05, 0.1) is 6.26 Å². The number of aromatic nitrogens is 3. The van der Waals surface area contributed by atoms with E-state index in [0.29, 0.717) is 29.4 Å². The van der Waals surface area contributed by atoms with Gasteiger partial charge in [-0.1, -0.05) is 29.8 Å². The average Bonchev–Trinajstić information content (AvgIpc) is 3.32. The molecule has 0 spiro atoms. The van der Waals surface area contributed by atoms with Crippen molar-refractivity contribution in [1.82, 2.24) is 14.8 Å². The molecule has 2 unspecified atom stereocenters. The summed E-state index contributed by atoms with van der Waals surface area (Å²) in [6.07, 6.45) is 4.21. The van der Waals surface area contributed by atoms with Gasteiger partial charge in [-0.3, -0.25) is 4.79 Å². The van der Waals surface area contributed by atoms with Crippen molar-refractivity contribution >= 4 is 23.3 Å². The second kappa shape index (κ2) is 5.85. The summed E-state index contributed by atoms with van der Waals surface area (Å²) in [5.41, 5.74) is 2.42. The molecule has 2 aliphatic rings. The summed E-state index contributed by atoms with van der Waals surface area (Å²) in [5, 5.41) is 8.22. The number of ketones is 1. The lowest BCUT2D eigenvalue weighted by Gasteiger charge is -2.34. The number of nitrogens with one attached hydrogen (secondary N) is 1. The fraction of sp³-hybridized carbons (Fsp3) is 0.211. The van der Waals surface area contributed by atoms with Gasteiger partial charge in [-0.25, -0.2) is 4.68 Å². The van der Waals surface area contributed by atoms with Gasteiger partial charge in [0.1, 0.15) is 18.1 Å². The molecule has 1 aliphatic carbocycles. The first kappa shape index (κ1) is 15.4. The van der Waals surface area contributed by atoms with Gasteiger partial charge < -0.3 is 9.73 Å².